The highest BCUT2D eigenvalue weighted by Gasteiger charge is 2.14. The molecular formula is C15H22N4O. The van der Waals surface area contributed by atoms with E-state index in [4.69, 9.17) is 5.73 Å². The lowest BCUT2D eigenvalue weighted by atomic mass is 10.2. The van der Waals surface area contributed by atoms with Crippen LogP contribution in [0.25, 0.3) is 0 Å². The Labute approximate surface area is 119 Å². The molecule has 0 saturated heterocycles. The molecule has 0 aliphatic carbocycles. The number of aliphatic hydroxyl groups excluding tert-OH is 1. The Morgan fingerprint density at radius 2 is 1.95 bits per heavy atom. The molecule has 2 aromatic rings. The average molecular weight is 274 g/mol. The van der Waals surface area contributed by atoms with Gasteiger partial charge in [-0.1, -0.05) is 18.2 Å². The number of nitrogens with two attached hydrogens (primary N) is 1. The summed E-state index contributed by atoms with van der Waals surface area (Å²) in [4.78, 5) is 2.03. The Hall–Kier alpha value is -2.01. The van der Waals surface area contributed by atoms with Gasteiger partial charge in [0, 0.05) is 19.3 Å². The number of anilines is 2. The molecule has 0 aliphatic rings. The van der Waals surface area contributed by atoms with Gasteiger partial charge in [0.2, 0.25) is 0 Å². The van der Waals surface area contributed by atoms with Crippen LogP contribution >= 0.6 is 0 Å². The smallest absolute Gasteiger partial charge is 0.0910 e. The van der Waals surface area contributed by atoms with Gasteiger partial charge in [-0.2, -0.15) is 5.10 Å². The topological polar surface area (TPSA) is 67.3 Å². The number of benzene rings is 1. The third-order valence-electron chi connectivity index (χ3n) is 3.50. The zero-order valence-corrected chi connectivity index (χ0v) is 12.2. The van der Waals surface area contributed by atoms with Crippen LogP contribution in [0.1, 0.15) is 11.4 Å². The van der Waals surface area contributed by atoms with Crippen molar-refractivity contribution in [2.45, 2.75) is 26.5 Å². The minimum Gasteiger partial charge on any atom is -0.396 e. The van der Waals surface area contributed by atoms with E-state index in [-0.39, 0.29) is 0 Å². The maximum Gasteiger partial charge on any atom is 0.0910 e. The molecule has 5 heteroatoms. The maximum atomic E-state index is 10.2. The molecule has 0 radical (unpaired) electrons. The first kappa shape index (κ1) is 14.4. The Bertz CT molecular complexity index is 565. The fourth-order valence-corrected chi connectivity index (χ4v) is 2.25. The van der Waals surface area contributed by atoms with Crippen LogP contribution in [0.4, 0.5) is 11.4 Å². The van der Waals surface area contributed by atoms with Crippen molar-refractivity contribution in [1.29, 1.82) is 0 Å². The second-order valence-corrected chi connectivity index (χ2v) is 5.14. The van der Waals surface area contributed by atoms with Crippen molar-refractivity contribution in [1.82, 2.24) is 9.78 Å². The highest BCUT2D eigenvalue weighted by molar-refractivity contribution is 5.47. The number of nitrogens with zero attached hydrogens (tertiary/aromatic N) is 3. The number of hydrogen-bond acceptors (Lipinski definition) is 4. The van der Waals surface area contributed by atoms with Gasteiger partial charge in [-0.25, -0.2) is 0 Å². The van der Waals surface area contributed by atoms with E-state index in [0.717, 1.165) is 17.1 Å². The summed E-state index contributed by atoms with van der Waals surface area (Å²) in [6, 6.07) is 9.99. The number of nitrogen functional groups attached to an aromatic ring is 1. The number of aromatic nitrogens is 2. The molecular weight excluding hydrogens is 252 g/mol. The molecule has 0 spiro atoms. The summed E-state index contributed by atoms with van der Waals surface area (Å²) in [6.07, 6.45) is -0.502. The van der Waals surface area contributed by atoms with Gasteiger partial charge in [-0.3, -0.25) is 4.68 Å². The molecule has 0 saturated carbocycles. The predicted octanol–water partition coefficient (Wildman–Crippen LogP) is 1.58. The van der Waals surface area contributed by atoms with E-state index in [0.29, 0.717) is 18.8 Å². The van der Waals surface area contributed by atoms with E-state index >= 15 is 0 Å². The summed E-state index contributed by atoms with van der Waals surface area (Å²) in [5, 5.41) is 14.6. The standard InChI is InChI=1S/C15H22N4O/c1-11-15(16)12(2)19(17-11)10-14(20)9-18(3)13-7-5-4-6-8-13/h4-8,14,20H,9-10,16H2,1-3H3. The van der Waals surface area contributed by atoms with E-state index in [9.17, 15) is 5.11 Å². The van der Waals surface area contributed by atoms with E-state index in [1.807, 2.05) is 56.1 Å². The fourth-order valence-electron chi connectivity index (χ4n) is 2.25. The normalized spacial score (nSPS) is 12.4. The van der Waals surface area contributed by atoms with Gasteiger partial charge < -0.3 is 15.7 Å². The number of hydrogen-bond donors (Lipinski definition) is 2. The summed E-state index contributed by atoms with van der Waals surface area (Å²) in [6.45, 7) is 4.79. The van der Waals surface area contributed by atoms with Gasteiger partial charge in [0.25, 0.3) is 0 Å². The van der Waals surface area contributed by atoms with Crippen LogP contribution in [0.15, 0.2) is 30.3 Å². The first-order valence-corrected chi connectivity index (χ1v) is 6.72. The molecule has 1 atom stereocenters. The van der Waals surface area contributed by atoms with Gasteiger partial charge in [-0.05, 0) is 26.0 Å². The number of likely N-dealkylation sites (N-methyl/N-ethyl adjacent to an activating group) is 1. The first-order chi connectivity index (χ1) is 9.49. The molecule has 0 aliphatic heterocycles. The van der Waals surface area contributed by atoms with Gasteiger partial charge in [0.1, 0.15) is 0 Å². The monoisotopic (exact) mass is 274 g/mol. The van der Waals surface area contributed by atoms with Gasteiger partial charge >= 0.3 is 0 Å². The molecule has 1 aromatic heterocycles. The average Bonchev–Trinajstić information content (AvgIpc) is 2.67. The van der Waals surface area contributed by atoms with Gasteiger partial charge in [0.05, 0.1) is 29.7 Å². The summed E-state index contributed by atoms with van der Waals surface area (Å²) in [5.74, 6) is 0. The highest BCUT2D eigenvalue weighted by atomic mass is 16.3. The van der Waals surface area contributed by atoms with Crippen LogP contribution in [0.5, 0.6) is 0 Å². The minimum absolute atomic E-state index is 0.445. The van der Waals surface area contributed by atoms with Crippen molar-refractivity contribution in [3.63, 3.8) is 0 Å². The largest absolute Gasteiger partial charge is 0.396 e. The number of aryl methyl sites for hydroxylation is 1. The molecule has 0 fully saturated rings. The van der Waals surface area contributed by atoms with Crippen LogP contribution in [-0.2, 0) is 6.54 Å². The number of aliphatic hydroxyl groups is 1. The molecule has 108 valence electrons. The Morgan fingerprint density at radius 3 is 2.50 bits per heavy atom. The summed E-state index contributed by atoms with van der Waals surface area (Å²) >= 11 is 0. The van der Waals surface area contributed by atoms with Crippen LogP contribution in [0.3, 0.4) is 0 Å². The van der Waals surface area contributed by atoms with Crippen LogP contribution < -0.4 is 10.6 Å². The molecule has 1 unspecified atom stereocenters. The fraction of sp³-hybridized carbons (Fsp3) is 0.400. The Balaban J connectivity index is 1.99. The first-order valence-electron chi connectivity index (χ1n) is 6.72. The summed E-state index contributed by atoms with van der Waals surface area (Å²) in [5.41, 5.74) is 9.40. The Morgan fingerprint density at radius 1 is 1.30 bits per heavy atom. The predicted molar refractivity (Wildman–Crippen MR) is 81.8 cm³/mol. The molecule has 1 heterocycles. The molecule has 2 rings (SSSR count). The molecule has 0 bridgehead atoms. The molecule has 1 aromatic carbocycles. The lowest BCUT2D eigenvalue weighted by molar-refractivity contribution is 0.155. The summed E-state index contributed by atoms with van der Waals surface area (Å²) in [7, 11) is 1.97. The van der Waals surface area contributed by atoms with Crippen molar-refractivity contribution in [3.05, 3.63) is 41.7 Å². The van der Waals surface area contributed by atoms with Crippen molar-refractivity contribution in [2.75, 3.05) is 24.2 Å². The lowest BCUT2D eigenvalue weighted by Gasteiger charge is -2.23. The van der Waals surface area contributed by atoms with Gasteiger partial charge in [-0.15, -0.1) is 0 Å². The Kier molecular flexibility index (Phi) is 4.29. The second-order valence-electron chi connectivity index (χ2n) is 5.14. The lowest BCUT2D eigenvalue weighted by Crippen LogP contribution is -2.32. The van der Waals surface area contributed by atoms with Crippen molar-refractivity contribution >= 4 is 11.4 Å². The highest BCUT2D eigenvalue weighted by Crippen LogP contribution is 2.16. The zero-order valence-electron chi connectivity index (χ0n) is 12.2. The third-order valence-corrected chi connectivity index (χ3v) is 3.50. The third kappa shape index (κ3) is 3.11. The molecule has 20 heavy (non-hydrogen) atoms. The molecule has 5 nitrogen and oxygen atoms in total. The van der Waals surface area contributed by atoms with E-state index < -0.39 is 6.10 Å². The quantitative estimate of drug-likeness (QED) is 0.868. The number of para-hydroxylation sites is 1. The second kappa shape index (κ2) is 5.96. The van der Waals surface area contributed by atoms with Crippen molar-refractivity contribution in [2.24, 2.45) is 0 Å². The van der Waals surface area contributed by atoms with Crippen molar-refractivity contribution in [3.8, 4) is 0 Å². The van der Waals surface area contributed by atoms with Crippen LogP contribution in [-0.4, -0.2) is 34.6 Å². The zero-order chi connectivity index (χ0) is 14.7. The van der Waals surface area contributed by atoms with E-state index in [1.54, 1.807) is 4.68 Å². The van der Waals surface area contributed by atoms with E-state index in [2.05, 4.69) is 5.10 Å². The maximum absolute atomic E-state index is 10.2. The molecule has 3 N–H and O–H groups in total. The SMILES string of the molecule is Cc1nn(CC(O)CN(C)c2ccccc2)c(C)c1N. The minimum atomic E-state index is -0.502. The van der Waals surface area contributed by atoms with E-state index in [1.165, 1.54) is 0 Å². The van der Waals surface area contributed by atoms with Crippen LogP contribution in [0.2, 0.25) is 0 Å². The van der Waals surface area contributed by atoms with Gasteiger partial charge in [0.15, 0.2) is 0 Å². The van der Waals surface area contributed by atoms with Crippen molar-refractivity contribution < 1.29 is 5.11 Å². The summed E-state index contributed by atoms with van der Waals surface area (Å²) < 4.78 is 1.77. The van der Waals surface area contributed by atoms with Crippen LogP contribution in [0, 0.1) is 13.8 Å². The molecule has 0 amide bonds. The number of rotatable bonds is 5.